The molecule has 1 aromatic rings. The normalized spacial score (nSPS) is 13.3. The summed E-state index contributed by atoms with van der Waals surface area (Å²) in [5.74, 6) is 0.120. The van der Waals surface area contributed by atoms with E-state index in [2.05, 4.69) is 26.0 Å². The number of hydrogen-bond donors (Lipinski definition) is 1. The minimum atomic E-state index is -0.488. The van der Waals surface area contributed by atoms with E-state index in [-0.39, 0.29) is 17.4 Å². The van der Waals surface area contributed by atoms with E-state index >= 15 is 0 Å². The van der Waals surface area contributed by atoms with Gasteiger partial charge < -0.3 is 10.0 Å². The van der Waals surface area contributed by atoms with E-state index in [0.29, 0.717) is 13.0 Å². The minimum Gasteiger partial charge on any atom is -0.392 e. The maximum absolute atomic E-state index is 12.4. The van der Waals surface area contributed by atoms with Crippen LogP contribution in [0.5, 0.6) is 0 Å². The first-order valence-corrected chi connectivity index (χ1v) is 7.77. The van der Waals surface area contributed by atoms with Gasteiger partial charge in [-0.1, -0.05) is 44.2 Å². The van der Waals surface area contributed by atoms with Crippen LogP contribution < -0.4 is 0 Å². The average Bonchev–Trinajstić information content (AvgIpc) is 2.43. The molecule has 118 valence electrons. The van der Waals surface area contributed by atoms with Crippen LogP contribution >= 0.6 is 0 Å². The Hall–Kier alpha value is -1.35. The molecule has 0 aliphatic heterocycles. The Morgan fingerprint density at radius 2 is 1.76 bits per heavy atom. The highest BCUT2D eigenvalue weighted by atomic mass is 16.3. The second-order valence-electron chi connectivity index (χ2n) is 6.74. The predicted octanol–water partition coefficient (Wildman–Crippen LogP) is 3.36. The summed E-state index contributed by atoms with van der Waals surface area (Å²) >= 11 is 0. The first-order valence-electron chi connectivity index (χ1n) is 7.77. The van der Waals surface area contributed by atoms with Gasteiger partial charge in [-0.25, -0.2) is 0 Å². The predicted molar refractivity (Wildman–Crippen MR) is 87.2 cm³/mol. The number of amides is 1. The maximum Gasteiger partial charge on any atom is 0.222 e. The summed E-state index contributed by atoms with van der Waals surface area (Å²) in [4.78, 5) is 14.2. The first kappa shape index (κ1) is 17.7. The largest absolute Gasteiger partial charge is 0.392 e. The molecule has 0 heterocycles. The van der Waals surface area contributed by atoms with Gasteiger partial charge in [0.25, 0.3) is 0 Å². The van der Waals surface area contributed by atoms with Crippen LogP contribution in [0, 0.1) is 0 Å². The zero-order valence-corrected chi connectivity index (χ0v) is 14.0. The molecule has 1 aromatic carbocycles. The summed E-state index contributed by atoms with van der Waals surface area (Å²) < 4.78 is 0. The van der Waals surface area contributed by atoms with Gasteiger partial charge in [0.05, 0.1) is 6.10 Å². The van der Waals surface area contributed by atoms with Crippen LogP contribution in [-0.2, 0) is 10.2 Å². The SMILES string of the molecule is CC(O)CN(C(=O)CCC(C)(C)c1ccccc1)C(C)C. The third kappa shape index (κ3) is 5.50. The van der Waals surface area contributed by atoms with E-state index in [0.717, 1.165) is 6.42 Å². The highest BCUT2D eigenvalue weighted by molar-refractivity contribution is 5.76. The first-order chi connectivity index (χ1) is 9.74. The fourth-order valence-electron chi connectivity index (χ4n) is 2.48. The van der Waals surface area contributed by atoms with Crippen LogP contribution in [0.3, 0.4) is 0 Å². The number of aliphatic hydroxyl groups excluding tert-OH is 1. The molecule has 0 fully saturated rings. The summed E-state index contributed by atoms with van der Waals surface area (Å²) in [6.07, 6.45) is 0.824. The van der Waals surface area contributed by atoms with Crippen LogP contribution in [-0.4, -0.2) is 34.6 Å². The number of aliphatic hydroxyl groups is 1. The van der Waals surface area contributed by atoms with Gasteiger partial charge >= 0.3 is 0 Å². The third-order valence-corrected chi connectivity index (χ3v) is 3.92. The van der Waals surface area contributed by atoms with Crippen molar-refractivity contribution in [3.8, 4) is 0 Å². The third-order valence-electron chi connectivity index (χ3n) is 3.92. The van der Waals surface area contributed by atoms with Crippen molar-refractivity contribution >= 4 is 5.91 Å². The molecule has 1 unspecified atom stereocenters. The zero-order chi connectivity index (χ0) is 16.0. The molecule has 3 heteroatoms. The van der Waals surface area contributed by atoms with Crippen molar-refractivity contribution in [1.82, 2.24) is 4.90 Å². The van der Waals surface area contributed by atoms with E-state index in [9.17, 15) is 9.90 Å². The van der Waals surface area contributed by atoms with Crippen LogP contribution in [0.15, 0.2) is 30.3 Å². The van der Waals surface area contributed by atoms with Crippen molar-refractivity contribution in [3.05, 3.63) is 35.9 Å². The standard InChI is InChI=1S/C18H29NO2/c1-14(2)19(13-15(3)20)17(21)11-12-18(4,5)16-9-7-6-8-10-16/h6-10,14-15,20H,11-13H2,1-5H3. The van der Waals surface area contributed by atoms with Crippen molar-refractivity contribution in [2.45, 2.75) is 65.0 Å². The van der Waals surface area contributed by atoms with Crippen molar-refractivity contribution < 1.29 is 9.90 Å². The van der Waals surface area contributed by atoms with Gasteiger partial charge in [0.15, 0.2) is 0 Å². The number of carbonyl (C=O) groups excluding carboxylic acids is 1. The lowest BCUT2D eigenvalue weighted by atomic mass is 9.80. The molecule has 1 N–H and O–H groups in total. The molecule has 0 saturated carbocycles. The quantitative estimate of drug-likeness (QED) is 0.837. The molecule has 0 aliphatic rings. The Balaban J connectivity index is 2.66. The van der Waals surface area contributed by atoms with E-state index in [1.54, 1.807) is 11.8 Å². The molecule has 0 radical (unpaired) electrons. The fraction of sp³-hybridized carbons (Fsp3) is 0.611. The van der Waals surface area contributed by atoms with E-state index < -0.39 is 6.10 Å². The molecule has 1 rings (SSSR count). The Kier molecular flexibility index (Phi) is 6.41. The second kappa shape index (κ2) is 7.60. The molecule has 0 aliphatic carbocycles. The molecule has 0 bridgehead atoms. The second-order valence-corrected chi connectivity index (χ2v) is 6.74. The molecule has 0 aromatic heterocycles. The maximum atomic E-state index is 12.4. The summed E-state index contributed by atoms with van der Waals surface area (Å²) in [5.41, 5.74) is 1.23. The Labute approximate surface area is 129 Å². The summed E-state index contributed by atoms with van der Waals surface area (Å²) in [7, 11) is 0. The fourth-order valence-corrected chi connectivity index (χ4v) is 2.48. The van der Waals surface area contributed by atoms with Gasteiger partial charge in [-0.05, 0) is 38.2 Å². The smallest absolute Gasteiger partial charge is 0.222 e. The molecular formula is C18H29NO2. The number of rotatable bonds is 7. The molecule has 21 heavy (non-hydrogen) atoms. The van der Waals surface area contributed by atoms with Crippen LogP contribution in [0.1, 0.15) is 53.0 Å². The van der Waals surface area contributed by atoms with E-state index in [4.69, 9.17) is 0 Å². The summed E-state index contributed by atoms with van der Waals surface area (Å²) in [6, 6.07) is 10.4. The van der Waals surface area contributed by atoms with Gasteiger partial charge in [-0.15, -0.1) is 0 Å². The van der Waals surface area contributed by atoms with Gasteiger partial charge in [0.2, 0.25) is 5.91 Å². The number of hydrogen-bond acceptors (Lipinski definition) is 2. The zero-order valence-electron chi connectivity index (χ0n) is 14.0. The van der Waals surface area contributed by atoms with Gasteiger partial charge in [0.1, 0.15) is 0 Å². The molecule has 3 nitrogen and oxygen atoms in total. The molecule has 0 saturated heterocycles. The Morgan fingerprint density at radius 3 is 2.24 bits per heavy atom. The summed E-state index contributed by atoms with van der Waals surface area (Å²) in [6.45, 7) is 10.4. The van der Waals surface area contributed by atoms with Crippen molar-refractivity contribution in [2.75, 3.05) is 6.54 Å². The van der Waals surface area contributed by atoms with Crippen molar-refractivity contribution in [2.24, 2.45) is 0 Å². The average molecular weight is 291 g/mol. The monoisotopic (exact) mass is 291 g/mol. The van der Waals surface area contributed by atoms with E-state index in [1.807, 2.05) is 32.0 Å². The number of benzene rings is 1. The van der Waals surface area contributed by atoms with Gasteiger partial charge in [0, 0.05) is 19.0 Å². The highest BCUT2D eigenvalue weighted by Gasteiger charge is 2.24. The number of carbonyl (C=O) groups is 1. The highest BCUT2D eigenvalue weighted by Crippen LogP contribution is 2.28. The minimum absolute atomic E-state index is 0.0234. The summed E-state index contributed by atoms with van der Waals surface area (Å²) in [5, 5.41) is 9.53. The molecular weight excluding hydrogens is 262 g/mol. The lowest BCUT2D eigenvalue weighted by Gasteiger charge is -2.30. The van der Waals surface area contributed by atoms with Gasteiger partial charge in [-0.3, -0.25) is 4.79 Å². The van der Waals surface area contributed by atoms with Crippen molar-refractivity contribution in [1.29, 1.82) is 0 Å². The van der Waals surface area contributed by atoms with Gasteiger partial charge in [-0.2, -0.15) is 0 Å². The Morgan fingerprint density at radius 1 is 1.19 bits per heavy atom. The van der Waals surface area contributed by atoms with Crippen molar-refractivity contribution in [3.63, 3.8) is 0 Å². The topological polar surface area (TPSA) is 40.5 Å². The lowest BCUT2D eigenvalue weighted by Crippen LogP contribution is -2.41. The lowest BCUT2D eigenvalue weighted by molar-refractivity contribution is -0.134. The van der Waals surface area contributed by atoms with Crippen LogP contribution in [0.25, 0.3) is 0 Å². The van der Waals surface area contributed by atoms with Crippen LogP contribution in [0.4, 0.5) is 0 Å². The van der Waals surface area contributed by atoms with Crippen LogP contribution in [0.2, 0.25) is 0 Å². The molecule has 1 amide bonds. The Bertz CT molecular complexity index is 438. The van der Waals surface area contributed by atoms with E-state index in [1.165, 1.54) is 5.56 Å². The molecule has 0 spiro atoms. The number of nitrogens with zero attached hydrogens (tertiary/aromatic N) is 1. The molecule has 1 atom stereocenters.